The highest BCUT2D eigenvalue weighted by Gasteiger charge is 2.33. The lowest BCUT2D eigenvalue weighted by Gasteiger charge is -2.24. The van der Waals surface area contributed by atoms with E-state index in [4.69, 9.17) is 11.6 Å². The molecule has 0 saturated carbocycles. The molecule has 16 heavy (non-hydrogen) atoms. The van der Waals surface area contributed by atoms with Gasteiger partial charge in [0, 0.05) is 35.9 Å². The molecule has 2 aliphatic heterocycles. The Hall–Kier alpha value is -0.0900. The monoisotopic (exact) mass is 256 g/mol. The average molecular weight is 257 g/mol. The van der Waals surface area contributed by atoms with Crippen molar-refractivity contribution in [1.82, 2.24) is 10.2 Å². The van der Waals surface area contributed by atoms with Crippen LogP contribution in [0.5, 0.6) is 0 Å². The standard InChI is InChI=1S/C12H17ClN2S/c13-10-4-11(16-8-10)6-15-5-9-2-1-3-14-12(9)7-15/h4,8-9,12,14H,1-3,5-7H2/t9-,12+/m0/s1. The van der Waals surface area contributed by atoms with E-state index >= 15 is 0 Å². The fourth-order valence-electron chi connectivity index (χ4n) is 2.92. The molecule has 1 aromatic heterocycles. The van der Waals surface area contributed by atoms with Gasteiger partial charge in [-0.05, 0) is 31.4 Å². The maximum Gasteiger partial charge on any atom is 0.0516 e. The molecule has 2 saturated heterocycles. The zero-order valence-corrected chi connectivity index (χ0v) is 10.9. The molecule has 0 unspecified atom stereocenters. The fraction of sp³-hybridized carbons (Fsp3) is 0.667. The van der Waals surface area contributed by atoms with Crippen molar-refractivity contribution in [3.8, 4) is 0 Å². The van der Waals surface area contributed by atoms with Crippen LogP contribution in [0.2, 0.25) is 5.02 Å². The van der Waals surface area contributed by atoms with Crippen LogP contribution in [0, 0.1) is 5.92 Å². The minimum absolute atomic E-state index is 0.740. The number of rotatable bonds is 2. The van der Waals surface area contributed by atoms with Crippen molar-refractivity contribution in [2.24, 2.45) is 5.92 Å². The van der Waals surface area contributed by atoms with Crippen LogP contribution in [0.1, 0.15) is 17.7 Å². The van der Waals surface area contributed by atoms with Gasteiger partial charge in [-0.1, -0.05) is 11.6 Å². The Balaban J connectivity index is 1.61. The summed E-state index contributed by atoms with van der Waals surface area (Å²) in [6.07, 6.45) is 2.75. The Morgan fingerprint density at radius 2 is 2.44 bits per heavy atom. The van der Waals surface area contributed by atoms with Crippen LogP contribution in [0.15, 0.2) is 11.4 Å². The molecule has 4 heteroatoms. The predicted molar refractivity (Wildman–Crippen MR) is 69.1 cm³/mol. The fourth-order valence-corrected chi connectivity index (χ4v) is 4.04. The first-order valence-corrected chi connectivity index (χ1v) is 7.25. The van der Waals surface area contributed by atoms with Crippen molar-refractivity contribution in [2.45, 2.75) is 25.4 Å². The van der Waals surface area contributed by atoms with Crippen molar-refractivity contribution in [3.63, 3.8) is 0 Å². The van der Waals surface area contributed by atoms with Crippen LogP contribution in [-0.2, 0) is 6.54 Å². The normalized spacial score (nSPS) is 30.6. The Labute approximate surface area is 106 Å². The number of nitrogens with one attached hydrogen (secondary N) is 1. The molecule has 0 spiro atoms. The van der Waals surface area contributed by atoms with Crippen LogP contribution in [0.25, 0.3) is 0 Å². The van der Waals surface area contributed by atoms with Gasteiger partial charge in [-0.15, -0.1) is 11.3 Å². The lowest BCUT2D eigenvalue weighted by Crippen LogP contribution is -2.40. The summed E-state index contributed by atoms with van der Waals surface area (Å²) >= 11 is 7.72. The molecule has 3 rings (SSSR count). The second-order valence-electron chi connectivity index (χ2n) is 4.89. The highest BCUT2D eigenvalue weighted by atomic mass is 35.5. The summed E-state index contributed by atoms with van der Waals surface area (Å²) in [6, 6.07) is 2.84. The molecule has 0 aromatic carbocycles. The molecule has 1 N–H and O–H groups in total. The van der Waals surface area contributed by atoms with Gasteiger partial charge >= 0.3 is 0 Å². The van der Waals surface area contributed by atoms with Crippen LogP contribution in [0.4, 0.5) is 0 Å². The van der Waals surface area contributed by atoms with Gasteiger partial charge in [0.25, 0.3) is 0 Å². The first kappa shape index (κ1) is 11.0. The molecule has 0 aliphatic carbocycles. The zero-order chi connectivity index (χ0) is 11.0. The third-order valence-corrected chi connectivity index (χ3v) is 4.95. The van der Waals surface area contributed by atoms with Gasteiger partial charge in [-0.3, -0.25) is 4.90 Å². The summed E-state index contributed by atoms with van der Waals surface area (Å²) in [5.41, 5.74) is 0. The Bertz CT molecular complexity index is 352. The van der Waals surface area contributed by atoms with Crippen LogP contribution in [-0.4, -0.2) is 30.6 Å². The van der Waals surface area contributed by atoms with Crippen LogP contribution < -0.4 is 5.32 Å². The van der Waals surface area contributed by atoms with E-state index in [9.17, 15) is 0 Å². The van der Waals surface area contributed by atoms with Crippen molar-refractivity contribution in [1.29, 1.82) is 0 Å². The van der Waals surface area contributed by atoms with E-state index in [0.29, 0.717) is 0 Å². The van der Waals surface area contributed by atoms with Gasteiger partial charge in [0.1, 0.15) is 0 Å². The van der Waals surface area contributed by atoms with Gasteiger partial charge < -0.3 is 5.32 Å². The van der Waals surface area contributed by atoms with Gasteiger partial charge in [0.05, 0.1) is 5.02 Å². The third kappa shape index (κ3) is 2.28. The summed E-state index contributed by atoms with van der Waals surface area (Å²) in [5, 5.41) is 6.55. The molecule has 2 fully saturated rings. The topological polar surface area (TPSA) is 15.3 Å². The summed E-state index contributed by atoms with van der Waals surface area (Å²) in [5.74, 6) is 0.879. The van der Waals surface area contributed by atoms with E-state index in [0.717, 1.165) is 23.5 Å². The summed E-state index contributed by atoms with van der Waals surface area (Å²) in [6.45, 7) is 4.75. The van der Waals surface area contributed by atoms with Crippen molar-refractivity contribution >= 4 is 22.9 Å². The molecule has 3 heterocycles. The highest BCUT2D eigenvalue weighted by molar-refractivity contribution is 7.10. The minimum Gasteiger partial charge on any atom is -0.312 e. The number of piperidine rings is 1. The van der Waals surface area contributed by atoms with Crippen molar-refractivity contribution < 1.29 is 0 Å². The summed E-state index contributed by atoms with van der Waals surface area (Å²) < 4.78 is 0. The Kier molecular flexibility index (Phi) is 3.20. The van der Waals surface area contributed by atoms with Crippen molar-refractivity contribution in [2.75, 3.05) is 19.6 Å². The number of hydrogen-bond acceptors (Lipinski definition) is 3. The molecule has 0 amide bonds. The molecule has 88 valence electrons. The summed E-state index contributed by atoms with van der Waals surface area (Å²) in [4.78, 5) is 3.96. The maximum atomic E-state index is 5.95. The van der Waals surface area contributed by atoms with E-state index in [-0.39, 0.29) is 0 Å². The second kappa shape index (κ2) is 4.65. The van der Waals surface area contributed by atoms with Gasteiger partial charge in [0.15, 0.2) is 0 Å². The van der Waals surface area contributed by atoms with Crippen LogP contribution in [0.3, 0.4) is 0 Å². The molecule has 2 atom stereocenters. The number of halogens is 1. The first-order chi connectivity index (χ1) is 7.81. The summed E-state index contributed by atoms with van der Waals surface area (Å²) in [7, 11) is 0. The van der Waals surface area contributed by atoms with Gasteiger partial charge in [-0.25, -0.2) is 0 Å². The molecule has 2 aliphatic rings. The molecular formula is C12H17ClN2S. The lowest BCUT2D eigenvalue weighted by molar-refractivity contribution is 0.315. The van der Waals surface area contributed by atoms with E-state index in [1.165, 1.54) is 37.4 Å². The SMILES string of the molecule is Clc1csc(CN2C[C@@H]3CCCN[C@@H]3C2)c1. The highest BCUT2D eigenvalue weighted by Crippen LogP contribution is 2.28. The minimum atomic E-state index is 0.740. The van der Waals surface area contributed by atoms with Crippen molar-refractivity contribution in [3.05, 3.63) is 21.3 Å². The second-order valence-corrected chi connectivity index (χ2v) is 6.32. The first-order valence-electron chi connectivity index (χ1n) is 6.00. The van der Waals surface area contributed by atoms with E-state index in [1.54, 1.807) is 11.3 Å². The predicted octanol–water partition coefficient (Wildman–Crippen LogP) is 2.59. The Morgan fingerprint density at radius 1 is 1.50 bits per heavy atom. The van der Waals surface area contributed by atoms with Gasteiger partial charge in [0.2, 0.25) is 0 Å². The molecule has 1 aromatic rings. The molecule has 0 bridgehead atoms. The average Bonchev–Trinajstić information content (AvgIpc) is 2.84. The van der Waals surface area contributed by atoms with Gasteiger partial charge in [-0.2, -0.15) is 0 Å². The van der Waals surface area contributed by atoms with E-state index < -0.39 is 0 Å². The van der Waals surface area contributed by atoms with E-state index in [2.05, 4.69) is 16.3 Å². The number of likely N-dealkylation sites (tertiary alicyclic amines) is 1. The zero-order valence-electron chi connectivity index (χ0n) is 9.29. The smallest absolute Gasteiger partial charge is 0.0516 e. The number of thiophene rings is 1. The number of hydrogen-bond donors (Lipinski definition) is 1. The van der Waals surface area contributed by atoms with Crippen LogP contribution >= 0.6 is 22.9 Å². The quantitative estimate of drug-likeness (QED) is 0.875. The Morgan fingerprint density at radius 3 is 3.19 bits per heavy atom. The molecular weight excluding hydrogens is 240 g/mol. The number of fused-ring (bicyclic) bond motifs is 1. The van der Waals surface area contributed by atoms with E-state index in [1.807, 2.05) is 5.38 Å². The lowest BCUT2D eigenvalue weighted by atomic mass is 9.94. The molecule has 2 nitrogen and oxygen atoms in total. The largest absolute Gasteiger partial charge is 0.312 e. The molecule has 0 radical (unpaired) electrons. The number of nitrogens with zero attached hydrogens (tertiary/aromatic N) is 1. The maximum absolute atomic E-state index is 5.95. The third-order valence-electron chi connectivity index (χ3n) is 3.68.